The first-order valence-electron chi connectivity index (χ1n) is 3.94. The van der Waals surface area contributed by atoms with E-state index in [1.807, 2.05) is 0 Å². The first kappa shape index (κ1) is 9.75. The fraction of sp³-hybridized carbons (Fsp3) is 0.250. The molecule has 12 nitrogen and oxygen atoms in total. The van der Waals surface area contributed by atoms with Crippen LogP contribution in [0.3, 0.4) is 0 Å². The second-order valence-corrected chi connectivity index (χ2v) is 2.59. The lowest BCUT2D eigenvalue weighted by molar-refractivity contribution is -0.419. The topological polar surface area (TPSA) is 168 Å². The molecule has 2 heterocycles. The number of nitrogens with zero attached hydrogens (tertiary/aromatic N) is 8. The van der Waals surface area contributed by atoms with E-state index in [-0.39, 0.29) is 24.3 Å². The zero-order valence-electron chi connectivity index (χ0n) is 7.68. The maximum absolute atomic E-state index is 10.0. The zero-order chi connectivity index (χ0) is 11.5. The second kappa shape index (κ2) is 3.76. The Morgan fingerprint density at radius 3 is 3.06 bits per heavy atom. The van der Waals surface area contributed by atoms with Crippen molar-refractivity contribution in [3.05, 3.63) is 21.4 Å². The molecule has 0 radical (unpaired) electrons. The average molecular weight is 225 g/mol. The largest absolute Gasteiger partial charge is 0.365 e. The summed E-state index contributed by atoms with van der Waals surface area (Å²) in [6, 6.07) is 0. The Morgan fingerprint density at radius 1 is 1.62 bits per heavy atom. The summed E-state index contributed by atoms with van der Waals surface area (Å²) in [6.45, 7) is 0.0912. The van der Waals surface area contributed by atoms with Crippen molar-refractivity contribution in [2.75, 3.05) is 5.73 Å². The molecule has 16 heavy (non-hydrogen) atoms. The highest BCUT2D eigenvalue weighted by Gasteiger charge is 2.02. The summed E-state index contributed by atoms with van der Waals surface area (Å²) in [4.78, 5) is 14.9. The van der Waals surface area contributed by atoms with Crippen LogP contribution in [0.4, 0.5) is 11.9 Å². The molecule has 2 rings (SSSR count). The van der Waals surface area contributed by atoms with Crippen LogP contribution in [-0.4, -0.2) is 40.4 Å². The third-order valence-electron chi connectivity index (χ3n) is 1.45. The minimum Gasteiger partial charge on any atom is -0.365 e. The smallest absolute Gasteiger partial charge is 0.260 e. The van der Waals surface area contributed by atoms with Gasteiger partial charge in [0.2, 0.25) is 0 Å². The van der Waals surface area contributed by atoms with Crippen molar-refractivity contribution < 1.29 is 5.03 Å². The molecule has 3 N–H and O–H groups in total. The fourth-order valence-electron chi connectivity index (χ4n) is 0.929. The first-order valence-corrected chi connectivity index (χ1v) is 3.94. The fourth-order valence-corrected chi connectivity index (χ4v) is 0.929. The molecular weight excluding hydrogens is 220 g/mol. The van der Waals surface area contributed by atoms with Crippen molar-refractivity contribution in [2.24, 2.45) is 0 Å². The summed E-state index contributed by atoms with van der Waals surface area (Å²) in [5.74, 6) is 0.0526. The van der Waals surface area contributed by atoms with Crippen LogP contribution in [0.15, 0.2) is 0 Å². The van der Waals surface area contributed by atoms with E-state index in [9.17, 15) is 10.1 Å². The molecule has 0 fully saturated rings. The lowest BCUT2D eigenvalue weighted by Crippen LogP contribution is -2.05. The van der Waals surface area contributed by atoms with Crippen LogP contribution in [-0.2, 0) is 6.54 Å². The van der Waals surface area contributed by atoms with E-state index in [0.717, 1.165) is 4.80 Å². The second-order valence-electron chi connectivity index (χ2n) is 2.59. The zero-order valence-corrected chi connectivity index (χ0v) is 7.68. The van der Waals surface area contributed by atoms with Gasteiger partial charge >= 0.3 is 0 Å². The summed E-state index contributed by atoms with van der Waals surface area (Å²) in [5.41, 5.74) is 8.17. The molecule has 0 saturated heterocycles. The van der Waals surface area contributed by atoms with Crippen LogP contribution >= 0.6 is 0 Å². The van der Waals surface area contributed by atoms with Gasteiger partial charge in [-0.05, 0) is 5.21 Å². The lowest BCUT2D eigenvalue weighted by Gasteiger charge is -1.95. The Kier molecular flexibility index (Phi) is 2.29. The molecule has 2 aromatic heterocycles. The standard InChI is InChI=1S/C4H5N10O2/c5-3-8-12-13(10-3)1-2-6-4(9-7-2)11-14(15)16/h1H2,(H3-,5,6,7,9,10,11)/q-1. The monoisotopic (exact) mass is 225 g/mol. The molecule has 0 spiro atoms. The van der Waals surface area contributed by atoms with E-state index in [1.165, 1.54) is 0 Å². The molecule has 0 aromatic carbocycles. The van der Waals surface area contributed by atoms with Gasteiger partial charge in [-0.3, -0.25) is 0 Å². The van der Waals surface area contributed by atoms with E-state index < -0.39 is 5.03 Å². The molecule has 0 aliphatic heterocycles. The molecule has 2 aromatic rings. The predicted molar refractivity (Wildman–Crippen MR) is 47.7 cm³/mol. The number of H-pyrrole nitrogens is 1. The van der Waals surface area contributed by atoms with Gasteiger partial charge in [0.1, 0.15) is 17.5 Å². The number of hydrogen-bond acceptors (Lipinski definition) is 8. The Morgan fingerprint density at radius 2 is 2.44 bits per heavy atom. The summed E-state index contributed by atoms with van der Waals surface area (Å²) >= 11 is 0. The lowest BCUT2D eigenvalue weighted by atomic mass is 10.6. The van der Waals surface area contributed by atoms with Crippen molar-refractivity contribution in [3.8, 4) is 0 Å². The van der Waals surface area contributed by atoms with Gasteiger partial charge in [0.15, 0.2) is 0 Å². The third-order valence-corrected chi connectivity index (χ3v) is 1.45. The number of nitrogens with two attached hydrogens (primary N) is 1. The number of tetrazole rings is 1. The average Bonchev–Trinajstić information content (AvgIpc) is 2.76. The van der Waals surface area contributed by atoms with E-state index >= 15 is 0 Å². The van der Waals surface area contributed by atoms with Crippen LogP contribution in [0.25, 0.3) is 5.43 Å². The number of aromatic nitrogens is 7. The normalized spacial score (nSPS) is 10.2. The van der Waals surface area contributed by atoms with Crippen LogP contribution in [0.5, 0.6) is 0 Å². The number of rotatable bonds is 4. The third kappa shape index (κ3) is 2.17. The van der Waals surface area contributed by atoms with Crippen molar-refractivity contribution in [2.45, 2.75) is 6.54 Å². The molecule has 0 atom stereocenters. The van der Waals surface area contributed by atoms with Crippen molar-refractivity contribution in [3.63, 3.8) is 0 Å². The summed E-state index contributed by atoms with van der Waals surface area (Å²) in [6.07, 6.45) is 0. The van der Waals surface area contributed by atoms with Crippen LogP contribution in [0.1, 0.15) is 5.82 Å². The molecular formula is C4H5N10O2-. The highest BCUT2D eigenvalue weighted by atomic mass is 16.7. The molecule has 12 heteroatoms. The molecule has 0 aliphatic carbocycles. The van der Waals surface area contributed by atoms with Gasteiger partial charge < -0.3 is 15.8 Å². The summed E-state index contributed by atoms with van der Waals surface area (Å²) < 4.78 is 0. The van der Waals surface area contributed by atoms with E-state index in [2.05, 4.69) is 36.0 Å². The van der Waals surface area contributed by atoms with Gasteiger partial charge in [-0.2, -0.15) is 4.80 Å². The molecule has 0 saturated carbocycles. The van der Waals surface area contributed by atoms with Gasteiger partial charge in [0.25, 0.3) is 5.95 Å². The number of nitro groups is 1. The number of nitrogens with one attached hydrogen (secondary N) is 1. The maximum atomic E-state index is 10.0. The Labute approximate surface area is 87.0 Å². The quantitative estimate of drug-likeness (QED) is 0.473. The first-order chi connectivity index (χ1) is 7.63. The Bertz CT molecular complexity index is 500. The van der Waals surface area contributed by atoms with E-state index in [0.29, 0.717) is 0 Å². The molecule has 84 valence electrons. The number of aromatic amines is 1. The summed E-state index contributed by atoms with van der Waals surface area (Å²) in [7, 11) is 0. The van der Waals surface area contributed by atoms with E-state index in [4.69, 9.17) is 5.73 Å². The molecule has 0 amide bonds. The van der Waals surface area contributed by atoms with Crippen LogP contribution in [0.2, 0.25) is 0 Å². The van der Waals surface area contributed by atoms with Gasteiger partial charge in [-0.25, -0.2) is 15.2 Å². The van der Waals surface area contributed by atoms with Crippen molar-refractivity contribution >= 4 is 11.9 Å². The van der Waals surface area contributed by atoms with Gasteiger partial charge in [-0.1, -0.05) is 10.5 Å². The van der Waals surface area contributed by atoms with E-state index in [1.54, 1.807) is 0 Å². The van der Waals surface area contributed by atoms with Crippen LogP contribution < -0.4 is 5.73 Å². The summed E-state index contributed by atoms with van der Waals surface area (Å²) in [5, 5.41) is 25.8. The highest BCUT2D eigenvalue weighted by molar-refractivity contribution is 5.24. The minimum absolute atomic E-state index is 0.0192. The van der Waals surface area contributed by atoms with Gasteiger partial charge in [0.05, 0.1) is 5.82 Å². The number of anilines is 1. The Balaban J connectivity index is 2.05. The maximum Gasteiger partial charge on any atom is 0.260 e. The van der Waals surface area contributed by atoms with Crippen molar-refractivity contribution in [1.29, 1.82) is 0 Å². The SMILES string of the molecule is Nc1nnn(Cc2n[nH]c([N-][N+](=O)[O-])n2)n1. The van der Waals surface area contributed by atoms with Crippen molar-refractivity contribution in [1.82, 2.24) is 35.4 Å². The Hall–Kier alpha value is -2.79. The van der Waals surface area contributed by atoms with Gasteiger partial charge in [0, 0.05) is 0 Å². The number of nitrogen functional groups attached to an aromatic ring is 1. The predicted octanol–water partition coefficient (Wildman–Crippen LogP) is -1.38. The minimum atomic E-state index is -0.879. The molecule has 0 unspecified atom stereocenters. The van der Waals surface area contributed by atoms with Gasteiger partial charge in [-0.15, -0.1) is 5.10 Å². The highest BCUT2D eigenvalue weighted by Crippen LogP contribution is 2.09. The number of hydrogen-bond donors (Lipinski definition) is 2. The van der Waals surface area contributed by atoms with Crippen LogP contribution in [0, 0.1) is 10.1 Å². The molecule has 0 aliphatic rings. The molecule has 0 bridgehead atoms.